The van der Waals surface area contributed by atoms with E-state index in [-0.39, 0.29) is 35.8 Å². The maximum absolute atomic E-state index is 12.6. The van der Waals surface area contributed by atoms with E-state index in [1.165, 1.54) is 0 Å². The number of hydrogen-bond donors (Lipinski definition) is 4. The van der Waals surface area contributed by atoms with Crippen molar-refractivity contribution in [1.82, 2.24) is 14.9 Å². The third kappa shape index (κ3) is 9.78. The van der Waals surface area contributed by atoms with Crippen LogP contribution in [0.5, 0.6) is 0 Å². The number of nitrogens with two attached hydrogens (primary N) is 1. The first-order valence-electron chi connectivity index (χ1n) is 17.2. The molecule has 0 bridgehead atoms. The number of aromatic nitrogens is 2. The van der Waals surface area contributed by atoms with Crippen molar-refractivity contribution in [3.8, 4) is 11.1 Å². The Morgan fingerprint density at radius 2 is 1.58 bits per heavy atom. The standard InChI is InChI=1S/C40H41Cl2N5O5/c41-38-39(42)47(25-45-38)23-32-21-35(28-17-15-26(24-48)16-18-28)52-40(51-32)31-10-6-9-30(20-31)29-8-5-7-27(19-29)22-44-36(49)13-3-4-14-37(50)46-34-12-2-1-11-33(34)43/h1-2,5-12,15-20,25,32,35,40,48H,3-4,13-14,21-24,43H2,(H,44,49)(H,46,50)/t32-,35+,40+/m1/s1. The zero-order chi connectivity index (χ0) is 36.5. The minimum Gasteiger partial charge on any atom is -0.397 e. The predicted octanol–water partition coefficient (Wildman–Crippen LogP) is 7.99. The Morgan fingerprint density at radius 3 is 2.31 bits per heavy atom. The van der Waals surface area contributed by atoms with Crippen LogP contribution in [0.2, 0.25) is 10.3 Å². The number of nitrogen functional groups attached to an aromatic ring is 1. The molecule has 5 N–H and O–H groups in total. The summed E-state index contributed by atoms with van der Waals surface area (Å²) in [7, 11) is 0. The summed E-state index contributed by atoms with van der Waals surface area (Å²) in [6.07, 6.45) is 2.82. The largest absolute Gasteiger partial charge is 0.397 e. The van der Waals surface area contributed by atoms with E-state index in [9.17, 15) is 14.7 Å². The molecule has 2 amide bonds. The molecule has 1 aliphatic rings. The highest BCUT2D eigenvalue weighted by Crippen LogP contribution is 2.39. The number of para-hydroxylation sites is 2. The van der Waals surface area contributed by atoms with Gasteiger partial charge in [-0.25, -0.2) is 4.98 Å². The molecule has 2 heterocycles. The lowest BCUT2D eigenvalue weighted by atomic mass is 9.98. The Morgan fingerprint density at radius 1 is 0.846 bits per heavy atom. The second-order valence-electron chi connectivity index (χ2n) is 12.8. The van der Waals surface area contributed by atoms with Gasteiger partial charge in [0.15, 0.2) is 11.4 Å². The lowest BCUT2D eigenvalue weighted by Gasteiger charge is -2.36. The Balaban J connectivity index is 1.06. The van der Waals surface area contributed by atoms with Crippen molar-refractivity contribution in [3.05, 3.63) is 136 Å². The van der Waals surface area contributed by atoms with Crippen LogP contribution < -0.4 is 16.4 Å². The van der Waals surface area contributed by atoms with Gasteiger partial charge in [-0.05, 0) is 64.9 Å². The average Bonchev–Trinajstić information content (AvgIpc) is 3.48. The molecule has 3 atom stereocenters. The van der Waals surface area contributed by atoms with Gasteiger partial charge in [0.25, 0.3) is 0 Å². The molecule has 52 heavy (non-hydrogen) atoms. The van der Waals surface area contributed by atoms with Crippen molar-refractivity contribution in [2.75, 3.05) is 11.1 Å². The van der Waals surface area contributed by atoms with Crippen LogP contribution in [-0.4, -0.2) is 32.6 Å². The number of benzene rings is 4. The summed E-state index contributed by atoms with van der Waals surface area (Å²) in [5.41, 5.74) is 12.6. The molecule has 6 rings (SSSR count). The Labute approximate surface area is 312 Å². The van der Waals surface area contributed by atoms with Gasteiger partial charge in [-0.1, -0.05) is 96.0 Å². The predicted molar refractivity (Wildman–Crippen MR) is 202 cm³/mol. The number of aliphatic hydroxyl groups is 1. The monoisotopic (exact) mass is 741 g/mol. The fourth-order valence-corrected chi connectivity index (χ4v) is 6.45. The normalized spacial score (nSPS) is 17.1. The molecule has 12 heteroatoms. The summed E-state index contributed by atoms with van der Waals surface area (Å²) in [5.74, 6) is -0.195. The average molecular weight is 743 g/mol. The fraction of sp³-hybridized carbons (Fsp3) is 0.275. The molecule has 1 saturated heterocycles. The minimum absolute atomic E-state index is 0.0333. The van der Waals surface area contributed by atoms with E-state index in [2.05, 4.69) is 27.8 Å². The van der Waals surface area contributed by atoms with Gasteiger partial charge in [0.05, 0.1) is 43.1 Å². The first kappa shape index (κ1) is 37.1. The number of carbonyl (C=O) groups is 2. The van der Waals surface area contributed by atoms with Gasteiger partial charge in [-0.3, -0.25) is 9.59 Å². The number of nitrogens with zero attached hydrogens (tertiary/aromatic N) is 2. The maximum Gasteiger partial charge on any atom is 0.224 e. The molecule has 0 saturated carbocycles. The van der Waals surface area contributed by atoms with Crippen molar-refractivity contribution >= 4 is 46.4 Å². The van der Waals surface area contributed by atoms with E-state index < -0.39 is 6.29 Å². The number of carbonyl (C=O) groups excluding carboxylic acids is 2. The Bertz CT molecular complexity index is 1990. The fourth-order valence-electron chi connectivity index (χ4n) is 6.13. The molecule has 270 valence electrons. The molecule has 10 nitrogen and oxygen atoms in total. The van der Waals surface area contributed by atoms with Crippen LogP contribution >= 0.6 is 23.2 Å². The number of halogens is 2. The number of ether oxygens (including phenoxy) is 2. The lowest BCUT2D eigenvalue weighted by Crippen LogP contribution is -2.32. The van der Waals surface area contributed by atoms with Crippen LogP contribution in [-0.2, 0) is 38.8 Å². The quantitative estimate of drug-likeness (QED) is 0.0668. The highest BCUT2D eigenvalue weighted by Gasteiger charge is 2.33. The van der Waals surface area contributed by atoms with E-state index in [0.29, 0.717) is 61.7 Å². The second-order valence-corrected chi connectivity index (χ2v) is 13.5. The number of rotatable bonds is 14. The SMILES string of the molecule is Nc1ccccc1NC(=O)CCCCC(=O)NCc1cccc(-c2cccc([C@H]3O[C@@H](Cn4cnc(Cl)c4Cl)C[C@@H](c4ccc(CO)cc4)O3)c2)c1. The molecular formula is C40H41Cl2N5O5. The zero-order valence-corrected chi connectivity index (χ0v) is 30.0. The molecule has 0 radical (unpaired) electrons. The molecule has 1 aliphatic heterocycles. The van der Waals surface area contributed by atoms with Gasteiger partial charge in [-0.15, -0.1) is 0 Å². The molecule has 0 aliphatic carbocycles. The number of anilines is 2. The number of hydrogen-bond acceptors (Lipinski definition) is 7. The maximum atomic E-state index is 12.6. The van der Waals surface area contributed by atoms with Gasteiger partial charge in [0.1, 0.15) is 5.15 Å². The molecule has 1 aromatic heterocycles. The molecule has 5 aromatic rings. The third-order valence-electron chi connectivity index (χ3n) is 8.95. The van der Waals surface area contributed by atoms with E-state index >= 15 is 0 Å². The summed E-state index contributed by atoms with van der Waals surface area (Å²) in [5, 5.41) is 15.9. The zero-order valence-electron chi connectivity index (χ0n) is 28.5. The first-order valence-corrected chi connectivity index (χ1v) is 18.0. The van der Waals surface area contributed by atoms with Gasteiger partial charge in [-0.2, -0.15) is 0 Å². The van der Waals surface area contributed by atoms with E-state index in [4.69, 9.17) is 38.4 Å². The number of aliphatic hydroxyl groups excluding tert-OH is 1. The van der Waals surface area contributed by atoms with Gasteiger partial charge in [0.2, 0.25) is 11.8 Å². The number of nitrogens with one attached hydrogen (secondary N) is 2. The van der Waals surface area contributed by atoms with Gasteiger partial charge >= 0.3 is 0 Å². The first-order chi connectivity index (χ1) is 25.2. The summed E-state index contributed by atoms with van der Waals surface area (Å²) in [6, 6.07) is 30.9. The van der Waals surface area contributed by atoms with Crippen LogP contribution in [0.1, 0.15) is 66.8 Å². The van der Waals surface area contributed by atoms with E-state index in [1.54, 1.807) is 23.0 Å². The highest BCUT2D eigenvalue weighted by atomic mass is 35.5. The number of imidazole rings is 1. The summed E-state index contributed by atoms with van der Waals surface area (Å²) in [6.45, 7) is 0.791. The van der Waals surface area contributed by atoms with E-state index in [1.807, 2.05) is 72.8 Å². The third-order valence-corrected chi connectivity index (χ3v) is 9.72. The minimum atomic E-state index is -0.663. The van der Waals surface area contributed by atoms with Crippen molar-refractivity contribution in [2.45, 2.75) is 70.3 Å². The molecule has 4 aromatic carbocycles. The van der Waals surface area contributed by atoms with Gasteiger partial charge in [0, 0.05) is 31.4 Å². The molecule has 0 unspecified atom stereocenters. The molecule has 1 fully saturated rings. The summed E-state index contributed by atoms with van der Waals surface area (Å²) in [4.78, 5) is 29.0. The van der Waals surface area contributed by atoms with Crippen molar-refractivity contribution in [3.63, 3.8) is 0 Å². The van der Waals surface area contributed by atoms with Crippen molar-refractivity contribution < 1.29 is 24.2 Å². The summed E-state index contributed by atoms with van der Waals surface area (Å²) >= 11 is 12.5. The van der Waals surface area contributed by atoms with Crippen molar-refractivity contribution in [1.29, 1.82) is 0 Å². The van der Waals surface area contributed by atoms with Crippen LogP contribution in [0.4, 0.5) is 11.4 Å². The highest BCUT2D eigenvalue weighted by molar-refractivity contribution is 6.40. The van der Waals surface area contributed by atoms with Gasteiger partial charge < -0.3 is 35.5 Å². The van der Waals surface area contributed by atoms with Crippen molar-refractivity contribution in [2.24, 2.45) is 0 Å². The number of unbranched alkanes of at least 4 members (excludes halogenated alkanes) is 1. The Hall–Kier alpha value is -4.71. The van der Waals surface area contributed by atoms with Crippen LogP contribution in [0.25, 0.3) is 11.1 Å². The second kappa shape index (κ2) is 17.7. The summed E-state index contributed by atoms with van der Waals surface area (Å²) < 4.78 is 14.8. The Kier molecular flexibility index (Phi) is 12.6. The van der Waals surface area contributed by atoms with Crippen LogP contribution in [0.3, 0.4) is 0 Å². The molecule has 0 spiro atoms. The smallest absolute Gasteiger partial charge is 0.224 e. The molecular weight excluding hydrogens is 701 g/mol. The van der Waals surface area contributed by atoms with Crippen LogP contribution in [0.15, 0.2) is 103 Å². The van der Waals surface area contributed by atoms with Crippen LogP contribution in [0, 0.1) is 0 Å². The topological polar surface area (TPSA) is 141 Å². The number of amides is 2. The van der Waals surface area contributed by atoms with E-state index in [0.717, 1.165) is 33.4 Å². The lowest BCUT2D eigenvalue weighted by molar-refractivity contribution is -0.252.